The lowest BCUT2D eigenvalue weighted by molar-refractivity contribution is 0.0951. The Balaban J connectivity index is 1.70. The fraction of sp³-hybridized carbons (Fsp3) is 0.0500. The van der Waals surface area contributed by atoms with Crippen LogP contribution in [0.4, 0.5) is 11.4 Å². The molecule has 0 fully saturated rings. The Kier molecular flexibility index (Phi) is 5.42. The molecule has 0 aliphatic heterocycles. The number of carbonyl (C=O) groups is 1. The van der Waals surface area contributed by atoms with E-state index in [2.05, 4.69) is 10.1 Å². The molecule has 2 N–H and O–H groups in total. The van der Waals surface area contributed by atoms with Crippen LogP contribution in [-0.4, -0.2) is 21.4 Å². The average Bonchev–Trinajstić information content (AvgIpc) is 2.69. The lowest BCUT2D eigenvalue weighted by Gasteiger charge is -2.20. The highest BCUT2D eigenvalue weighted by Gasteiger charge is 2.15. The fourth-order valence-corrected chi connectivity index (χ4v) is 3.50. The summed E-state index contributed by atoms with van der Waals surface area (Å²) in [5.41, 5.74) is 4.40. The maximum Gasteiger partial charge on any atom is 0.269 e. The predicted molar refractivity (Wildman–Crippen MR) is 106 cm³/mol. The van der Waals surface area contributed by atoms with Gasteiger partial charge in [0, 0.05) is 18.3 Å². The second-order valence-corrected chi connectivity index (χ2v) is 7.51. The van der Waals surface area contributed by atoms with Gasteiger partial charge in [0.2, 0.25) is 0 Å². The number of nitrogens with zero attached hydrogens (tertiary/aromatic N) is 1. The van der Waals surface area contributed by atoms with Gasteiger partial charge in [-0.15, -0.1) is 0 Å². The first-order chi connectivity index (χ1) is 13.0. The minimum Gasteiger partial charge on any atom is -0.288 e. The summed E-state index contributed by atoms with van der Waals surface area (Å²) in [7, 11) is -1.98. The van der Waals surface area contributed by atoms with Gasteiger partial charge in [-0.05, 0) is 48.5 Å². The molecular weight excluding hydrogens is 362 g/mol. The van der Waals surface area contributed by atoms with Crippen molar-refractivity contribution in [3.05, 3.63) is 90.5 Å². The van der Waals surface area contributed by atoms with Gasteiger partial charge < -0.3 is 0 Å². The standard InChI is InChI=1S/C20H19N3O3S/c1-23(18-10-6-3-7-11-18)21-20(24)16-12-14-19(15-13-16)27(25,26)22-17-8-4-2-5-9-17/h2-15,22H,1H3,(H,21,24). The van der Waals surface area contributed by atoms with Crippen molar-refractivity contribution in [2.24, 2.45) is 0 Å². The Morgan fingerprint density at radius 1 is 0.815 bits per heavy atom. The van der Waals surface area contributed by atoms with Gasteiger partial charge in [0.05, 0.1) is 10.6 Å². The van der Waals surface area contributed by atoms with Crippen LogP contribution in [0, 0.1) is 0 Å². The summed E-state index contributed by atoms with van der Waals surface area (Å²) < 4.78 is 27.4. The van der Waals surface area contributed by atoms with Crippen LogP contribution in [0.25, 0.3) is 0 Å². The molecule has 3 aromatic rings. The van der Waals surface area contributed by atoms with Crippen molar-refractivity contribution in [1.82, 2.24) is 5.43 Å². The Morgan fingerprint density at radius 3 is 1.96 bits per heavy atom. The maximum atomic E-state index is 12.4. The fourth-order valence-electron chi connectivity index (χ4n) is 2.44. The highest BCUT2D eigenvalue weighted by atomic mass is 32.2. The third-order valence-electron chi connectivity index (χ3n) is 3.87. The third kappa shape index (κ3) is 4.65. The van der Waals surface area contributed by atoms with Crippen molar-refractivity contribution in [3.8, 4) is 0 Å². The van der Waals surface area contributed by atoms with Gasteiger partial charge in [0.15, 0.2) is 0 Å². The lowest BCUT2D eigenvalue weighted by atomic mass is 10.2. The van der Waals surface area contributed by atoms with Gasteiger partial charge in [0.25, 0.3) is 15.9 Å². The highest BCUT2D eigenvalue weighted by molar-refractivity contribution is 7.92. The molecule has 0 atom stereocenters. The Labute approximate surface area is 158 Å². The number of hydrogen-bond acceptors (Lipinski definition) is 4. The van der Waals surface area contributed by atoms with Crippen molar-refractivity contribution < 1.29 is 13.2 Å². The average molecular weight is 381 g/mol. The molecular formula is C20H19N3O3S. The van der Waals surface area contributed by atoms with Crippen LogP contribution < -0.4 is 15.2 Å². The number of rotatable bonds is 6. The van der Waals surface area contributed by atoms with Crippen molar-refractivity contribution in [2.45, 2.75) is 4.90 Å². The van der Waals surface area contributed by atoms with Crippen LogP contribution in [-0.2, 0) is 10.0 Å². The predicted octanol–water partition coefficient (Wildman–Crippen LogP) is 3.27. The number of hydrogen-bond donors (Lipinski definition) is 2. The summed E-state index contributed by atoms with van der Waals surface area (Å²) in [6.07, 6.45) is 0. The Morgan fingerprint density at radius 2 is 1.37 bits per heavy atom. The molecule has 0 saturated carbocycles. The van der Waals surface area contributed by atoms with Crippen molar-refractivity contribution in [2.75, 3.05) is 16.8 Å². The van der Waals surface area contributed by atoms with Crippen LogP contribution >= 0.6 is 0 Å². The summed E-state index contributed by atoms with van der Waals surface area (Å²) >= 11 is 0. The zero-order chi connectivity index (χ0) is 19.3. The molecule has 0 unspecified atom stereocenters. The number of hydrazine groups is 1. The number of amides is 1. The second-order valence-electron chi connectivity index (χ2n) is 5.83. The Hall–Kier alpha value is -3.32. The molecule has 0 bridgehead atoms. The molecule has 1 amide bonds. The molecule has 3 rings (SSSR count). The van der Waals surface area contributed by atoms with E-state index < -0.39 is 10.0 Å². The summed E-state index contributed by atoms with van der Waals surface area (Å²) in [5.74, 6) is -0.332. The molecule has 0 radical (unpaired) electrons. The zero-order valence-electron chi connectivity index (χ0n) is 14.7. The third-order valence-corrected chi connectivity index (χ3v) is 5.26. The molecule has 0 heterocycles. The first-order valence-electron chi connectivity index (χ1n) is 8.23. The van der Waals surface area contributed by atoms with Crippen LogP contribution in [0.1, 0.15) is 10.4 Å². The van der Waals surface area contributed by atoms with E-state index in [9.17, 15) is 13.2 Å². The van der Waals surface area contributed by atoms with E-state index in [-0.39, 0.29) is 10.8 Å². The minimum atomic E-state index is -3.71. The molecule has 0 aromatic heterocycles. The molecule has 3 aromatic carbocycles. The number of benzene rings is 3. The van der Waals surface area contributed by atoms with E-state index in [4.69, 9.17) is 0 Å². The smallest absolute Gasteiger partial charge is 0.269 e. The van der Waals surface area contributed by atoms with Crippen LogP contribution in [0.3, 0.4) is 0 Å². The monoisotopic (exact) mass is 381 g/mol. The first-order valence-corrected chi connectivity index (χ1v) is 9.72. The van der Waals surface area contributed by atoms with E-state index in [0.717, 1.165) is 5.69 Å². The largest absolute Gasteiger partial charge is 0.288 e. The SMILES string of the molecule is CN(NC(=O)c1ccc(S(=O)(=O)Nc2ccccc2)cc1)c1ccccc1. The Bertz CT molecular complexity index is 1010. The molecule has 138 valence electrons. The summed E-state index contributed by atoms with van der Waals surface area (Å²) in [6, 6.07) is 23.8. The number of carbonyl (C=O) groups excluding carboxylic acids is 1. The van der Waals surface area contributed by atoms with E-state index >= 15 is 0 Å². The normalized spacial score (nSPS) is 10.9. The summed E-state index contributed by atoms with van der Waals surface area (Å²) in [5, 5.41) is 1.60. The van der Waals surface area contributed by atoms with Gasteiger partial charge in [-0.2, -0.15) is 0 Å². The van der Waals surface area contributed by atoms with E-state index in [1.165, 1.54) is 24.3 Å². The highest BCUT2D eigenvalue weighted by Crippen LogP contribution is 2.16. The molecule has 7 heteroatoms. The van der Waals surface area contributed by atoms with Crippen LogP contribution in [0.5, 0.6) is 0 Å². The molecule has 6 nitrogen and oxygen atoms in total. The van der Waals surface area contributed by atoms with Crippen LogP contribution in [0.15, 0.2) is 89.8 Å². The quantitative estimate of drug-likeness (QED) is 0.643. The van der Waals surface area contributed by atoms with Crippen molar-refractivity contribution in [1.29, 1.82) is 0 Å². The van der Waals surface area contributed by atoms with Gasteiger partial charge in [-0.1, -0.05) is 36.4 Å². The molecule has 27 heavy (non-hydrogen) atoms. The van der Waals surface area contributed by atoms with Crippen molar-refractivity contribution in [3.63, 3.8) is 0 Å². The van der Waals surface area contributed by atoms with Gasteiger partial charge in [0.1, 0.15) is 0 Å². The van der Waals surface area contributed by atoms with Gasteiger partial charge >= 0.3 is 0 Å². The topological polar surface area (TPSA) is 78.5 Å². The first kappa shape index (κ1) is 18.5. The number of para-hydroxylation sites is 2. The zero-order valence-corrected chi connectivity index (χ0v) is 15.5. The van der Waals surface area contributed by atoms with Crippen molar-refractivity contribution >= 4 is 27.3 Å². The molecule has 0 spiro atoms. The molecule has 0 aliphatic rings. The van der Waals surface area contributed by atoms with Gasteiger partial charge in [-0.25, -0.2) is 8.42 Å². The summed E-state index contributed by atoms with van der Waals surface area (Å²) in [6.45, 7) is 0. The number of nitrogens with one attached hydrogen (secondary N) is 2. The number of anilines is 2. The molecule has 0 saturated heterocycles. The maximum absolute atomic E-state index is 12.4. The minimum absolute atomic E-state index is 0.0827. The van der Waals surface area contributed by atoms with E-state index in [0.29, 0.717) is 11.3 Å². The molecule has 0 aliphatic carbocycles. The van der Waals surface area contributed by atoms with Crippen LogP contribution in [0.2, 0.25) is 0 Å². The second kappa shape index (κ2) is 7.92. The number of sulfonamides is 1. The van der Waals surface area contributed by atoms with E-state index in [1.54, 1.807) is 42.4 Å². The van der Waals surface area contributed by atoms with Gasteiger partial charge in [-0.3, -0.25) is 20.0 Å². The summed E-state index contributed by atoms with van der Waals surface area (Å²) in [4.78, 5) is 12.4. The lowest BCUT2D eigenvalue weighted by Crippen LogP contribution is -2.39. The van der Waals surface area contributed by atoms with E-state index in [1.807, 2.05) is 30.3 Å².